The number of hydrogen-bond donors (Lipinski definition) is 0. The largest absolute Gasteiger partial charge is 0.456 e. The molecular formula is C100H95Cl5N12O16S4. The molecule has 28 nitrogen and oxygen atoms in total. The van der Waals surface area contributed by atoms with E-state index in [1.165, 1.54) is 90.0 Å². The average Bonchev–Trinajstić information content (AvgIpc) is 0.785. The Balaban J connectivity index is 0.000000164. The molecule has 137 heavy (non-hydrogen) atoms. The third-order valence-electron chi connectivity index (χ3n) is 22.1. The second-order valence-electron chi connectivity index (χ2n) is 33.1. The number of nitriles is 4. The average molecular weight is 2030 g/mol. The quantitative estimate of drug-likeness (QED) is 0.0645. The number of benzene rings is 11. The highest BCUT2D eigenvalue weighted by Gasteiger charge is 2.39. The van der Waals surface area contributed by atoms with E-state index < -0.39 is 40.1 Å². The molecule has 0 atom stereocenters. The van der Waals surface area contributed by atoms with Crippen LogP contribution in [-0.4, -0.2) is 199 Å². The molecule has 11 aromatic rings. The van der Waals surface area contributed by atoms with Gasteiger partial charge in [0.05, 0.1) is 46.5 Å². The van der Waals surface area contributed by atoms with E-state index in [1.54, 1.807) is 135 Å². The Morgan fingerprint density at radius 3 is 0.825 bits per heavy atom. The lowest BCUT2D eigenvalue weighted by atomic mass is 10.1. The smallest absolute Gasteiger partial charge is 0.253 e. The summed E-state index contributed by atoms with van der Waals surface area (Å²) in [5.41, 5.74) is 7.88. The van der Waals surface area contributed by atoms with E-state index in [2.05, 4.69) is 0 Å². The molecule has 4 aliphatic rings. The Morgan fingerprint density at radius 2 is 0.562 bits per heavy atom. The van der Waals surface area contributed by atoms with Gasteiger partial charge in [0.15, 0.2) is 0 Å². The van der Waals surface area contributed by atoms with Gasteiger partial charge < -0.3 is 38.5 Å². The van der Waals surface area contributed by atoms with Crippen LogP contribution >= 0.6 is 58.0 Å². The molecule has 710 valence electrons. The maximum atomic E-state index is 13.6. The zero-order chi connectivity index (χ0) is 99.0. The minimum Gasteiger partial charge on any atom is -0.456 e. The fourth-order valence-corrected chi connectivity index (χ4v) is 22.8. The third kappa shape index (κ3) is 26.7. The van der Waals surface area contributed by atoms with Crippen molar-refractivity contribution < 1.29 is 71.8 Å². The van der Waals surface area contributed by atoms with Crippen LogP contribution in [0.25, 0.3) is 0 Å². The number of sulfonamides is 4. The molecule has 0 aromatic heterocycles. The Labute approximate surface area is 823 Å². The Hall–Kier alpha value is -12.5. The second kappa shape index (κ2) is 45.7. The summed E-state index contributed by atoms with van der Waals surface area (Å²) in [5.74, 6) is 1.78. The maximum absolute atomic E-state index is 13.6. The number of halogens is 5. The molecule has 37 heteroatoms. The van der Waals surface area contributed by atoms with E-state index in [-0.39, 0.29) is 186 Å². The summed E-state index contributed by atoms with van der Waals surface area (Å²) in [4.78, 5) is 57.0. The molecule has 0 spiro atoms. The number of carbonyl (C=O) groups is 4. The van der Waals surface area contributed by atoms with Gasteiger partial charge in [0, 0.05) is 153 Å². The van der Waals surface area contributed by atoms with E-state index in [0.29, 0.717) is 84.3 Å². The molecule has 4 amide bonds. The van der Waals surface area contributed by atoms with Crippen LogP contribution in [0.3, 0.4) is 0 Å². The number of nitrogens with zero attached hydrogens (tertiary/aromatic N) is 12. The Bertz CT molecular complexity index is 6790. The van der Waals surface area contributed by atoms with Crippen LogP contribution in [-0.2, 0) is 44.9 Å². The zero-order valence-electron chi connectivity index (χ0n) is 75.8. The van der Waals surface area contributed by atoms with Crippen molar-refractivity contribution in [3.8, 4) is 70.3 Å². The van der Waals surface area contributed by atoms with Gasteiger partial charge in [-0.25, -0.2) is 33.7 Å². The minimum absolute atomic E-state index is 0.0314. The van der Waals surface area contributed by atoms with Crippen molar-refractivity contribution in [1.82, 2.24) is 36.8 Å². The van der Waals surface area contributed by atoms with Crippen molar-refractivity contribution in [2.24, 2.45) is 5.92 Å². The summed E-state index contributed by atoms with van der Waals surface area (Å²) in [5, 5.41) is 39.7. The summed E-state index contributed by atoms with van der Waals surface area (Å²) in [6, 6.07) is 66.7. The minimum atomic E-state index is -4.02. The van der Waals surface area contributed by atoms with Crippen molar-refractivity contribution in [3.05, 3.63) is 316 Å². The van der Waals surface area contributed by atoms with E-state index >= 15 is 0 Å². The highest BCUT2D eigenvalue weighted by atomic mass is 35.5. The molecule has 0 radical (unpaired) electrons. The lowest BCUT2D eigenvalue weighted by Gasteiger charge is -2.34. The topological polar surface area (TPSA) is 363 Å². The molecule has 0 unspecified atom stereocenters. The highest BCUT2D eigenvalue weighted by Crippen LogP contribution is 2.40. The van der Waals surface area contributed by atoms with Gasteiger partial charge in [-0.05, 0) is 258 Å². The zero-order valence-corrected chi connectivity index (χ0v) is 82.8. The molecule has 4 heterocycles. The van der Waals surface area contributed by atoms with Gasteiger partial charge in [-0.15, -0.1) is 0 Å². The molecule has 4 aliphatic heterocycles. The van der Waals surface area contributed by atoms with Gasteiger partial charge in [0.2, 0.25) is 46.0 Å². The van der Waals surface area contributed by atoms with E-state index in [0.717, 1.165) is 33.4 Å². The SMILES string of the molecule is Cc1cc(Cl)cc(Oc2ccc(C#N)cc2S(=O)(=O)N2CCN(C(=O)CC(C)C)CC2)c1.Cc1cc(Cl)cc(Oc2ccc(C#N)cc2S(=O)(=O)N2CCN(C(=O)c3cccc(C)c3)CC2)c1.Cc1cc(Cl)cc(Oc2ccc(C#N)cc2S(=O)(=O)N2CCN(C(=O)c3cccc(Cl)c3)CC2)c1.Cc1ccc(C(=O)N2CCN(S(=O)(=O)c3cc(C#N)ccc3Oc3cc(C)cc(Cl)c3)CC2)cc1. The first-order valence-corrected chi connectivity index (χ1v) is 50.8. The first-order chi connectivity index (χ1) is 65.1. The fourth-order valence-electron chi connectivity index (χ4n) is 15.3. The molecule has 0 N–H and O–H groups in total. The standard InChI is InChI=1S/2C26H24ClN3O4S.C25H21Cl2N3O4S.C23H26ClN3O4S/c1-18-3-6-21(7-4-18)26(31)29-9-11-30(12-10-29)35(32,33)25-15-20(17-28)5-8-24(25)34-23-14-19(2)13-22(27)16-23;1-18-4-3-5-21(12-18)26(31)29-8-10-30(11-9-29)35(32,33)25-15-20(17-28)6-7-24(25)34-23-14-19(2)13-22(27)16-23;1-17-11-21(27)15-22(12-17)34-23-6-5-18(16-28)13-24(23)35(32,33)30-9-7-29(8-10-30)25(31)19-3-2-4-20(26)14-19;1-16(2)10-23(28)26-6-8-27(9-7-26)32(29,30)22-13-18(15-25)4-5-21(22)31-20-12-17(3)11-19(24)14-20/h3-8,13-16H,9-12H2,1-2H3;3-7,12-16H,8-11H2,1-2H3;2-6,11-15H,7-10H2,1H3;4-5,11-14,16H,6-10H2,1-3H3. The van der Waals surface area contributed by atoms with Crippen molar-refractivity contribution in [3.63, 3.8) is 0 Å². The molecule has 0 aliphatic carbocycles. The molecule has 4 saturated heterocycles. The molecule has 0 bridgehead atoms. The number of rotatable bonds is 21. The monoisotopic (exact) mass is 2020 g/mol. The number of hydrogen-bond acceptors (Lipinski definition) is 20. The van der Waals surface area contributed by atoms with Gasteiger partial charge in [0.1, 0.15) is 65.6 Å². The predicted octanol–water partition coefficient (Wildman–Crippen LogP) is 18.8. The lowest BCUT2D eigenvalue weighted by Crippen LogP contribution is -2.50. The van der Waals surface area contributed by atoms with Gasteiger partial charge in [-0.2, -0.15) is 38.3 Å². The van der Waals surface area contributed by atoms with Gasteiger partial charge in [-0.3, -0.25) is 19.2 Å². The van der Waals surface area contributed by atoms with Crippen LogP contribution in [0.15, 0.2) is 238 Å². The third-order valence-corrected chi connectivity index (χ3v) is 30.9. The number of piperazine rings is 4. The van der Waals surface area contributed by atoms with Gasteiger partial charge >= 0.3 is 0 Å². The summed E-state index contributed by atoms with van der Waals surface area (Å²) in [6.07, 6.45) is 0.438. The predicted molar refractivity (Wildman–Crippen MR) is 522 cm³/mol. The van der Waals surface area contributed by atoms with Crippen LogP contribution < -0.4 is 18.9 Å². The highest BCUT2D eigenvalue weighted by molar-refractivity contribution is 7.90. The van der Waals surface area contributed by atoms with Crippen LogP contribution in [0.5, 0.6) is 46.0 Å². The van der Waals surface area contributed by atoms with E-state index in [1.807, 2.05) is 110 Å². The lowest BCUT2D eigenvalue weighted by molar-refractivity contribution is -0.133. The molecule has 0 saturated carbocycles. The van der Waals surface area contributed by atoms with Gasteiger partial charge in [-0.1, -0.05) is 113 Å². The van der Waals surface area contributed by atoms with Crippen LogP contribution in [0, 0.1) is 92.8 Å². The number of carbonyl (C=O) groups excluding carboxylic acids is 4. The maximum Gasteiger partial charge on any atom is 0.253 e. The Kier molecular flexibility index (Phi) is 34.5. The second-order valence-corrected chi connectivity index (χ2v) is 42.9. The molecule has 11 aromatic carbocycles. The van der Waals surface area contributed by atoms with E-state index in [9.17, 15) is 73.9 Å². The summed E-state index contributed by atoms with van der Waals surface area (Å²) < 4.78 is 137. The van der Waals surface area contributed by atoms with Gasteiger partial charge in [0.25, 0.3) is 17.7 Å². The first kappa shape index (κ1) is 103. The summed E-state index contributed by atoms with van der Waals surface area (Å²) >= 11 is 30.5. The normalized spacial score (nSPS) is 14.5. The number of aryl methyl sites for hydroxylation is 6. The van der Waals surface area contributed by atoms with Crippen LogP contribution in [0.2, 0.25) is 25.1 Å². The van der Waals surface area contributed by atoms with Crippen LogP contribution in [0.4, 0.5) is 0 Å². The number of ether oxygens (including phenoxy) is 4. The fraction of sp³-hybridized carbons (Fsp3) is 0.260. The molecule has 4 fully saturated rings. The number of amides is 4. The molecule has 15 rings (SSSR count). The van der Waals surface area contributed by atoms with E-state index in [4.69, 9.17) is 77.0 Å². The van der Waals surface area contributed by atoms with Crippen LogP contribution in [0.1, 0.15) is 107 Å². The van der Waals surface area contributed by atoms with Crippen molar-refractivity contribution >= 4 is 122 Å². The van der Waals surface area contributed by atoms with Crippen molar-refractivity contribution in [1.29, 1.82) is 21.0 Å². The molecular weight excluding hydrogens is 1930 g/mol. The Morgan fingerprint density at radius 1 is 0.292 bits per heavy atom. The van der Waals surface area contributed by atoms with Crippen molar-refractivity contribution in [2.75, 3.05) is 105 Å². The van der Waals surface area contributed by atoms with Crippen molar-refractivity contribution in [2.45, 2.75) is 81.4 Å². The summed E-state index contributed by atoms with van der Waals surface area (Å²) in [7, 11) is -16.0. The summed E-state index contributed by atoms with van der Waals surface area (Å²) in [6.45, 7) is 18.4. The first-order valence-electron chi connectivity index (χ1n) is 43.1.